The summed E-state index contributed by atoms with van der Waals surface area (Å²) in [5.74, 6) is 0.274. The first-order chi connectivity index (χ1) is 5.93. The van der Waals surface area contributed by atoms with Crippen molar-refractivity contribution < 1.29 is 8.78 Å². The second-order valence-electron chi connectivity index (χ2n) is 3.55. The molecule has 0 aliphatic carbocycles. The zero-order valence-electron chi connectivity index (χ0n) is 8.59. The molecule has 0 saturated carbocycles. The van der Waals surface area contributed by atoms with Crippen LogP contribution in [0, 0.1) is 5.92 Å². The van der Waals surface area contributed by atoms with Gasteiger partial charge in [-0.2, -0.15) is 0 Å². The van der Waals surface area contributed by atoms with Gasteiger partial charge in [-0.1, -0.05) is 19.9 Å². The third-order valence-electron chi connectivity index (χ3n) is 1.28. The smallest absolute Gasteiger partial charge is 0.279 e. The van der Waals surface area contributed by atoms with Crippen LogP contribution in [-0.2, 0) is 0 Å². The van der Waals surface area contributed by atoms with Crippen molar-refractivity contribution in [2.24, 2.45) is 10.9 Å². The van der Waals surface area contributed by atoms with Crippen LogP contribution < -0.4 is 0 Å². The van der Waals surface area contributed by atoms with E-state index in [4.69, 9.17) is 0 Å². The summed E-state index contributed by atoms with van der Waals surface area (Å²) < 4.78 is 24.7. The topological polar surface area (TPSA) is 12.4 Å². The Balaban J connectivity index is 4.44. The Kier molecular flexibility index (Phi) is 5.51. The molecule has 0 fully saturated rings. The third-order valence-corrected chi connectivity index (χ3v) is 1.28. The maximum absolute atomic E-state index is 12.3. The summed E-state index contributed by atoms with van der Waals surface area (Å²) >= 11 is 0. The molecule has 0 aromatic rings. The highest BCUT2D eigenvalue weighted by Gasteiger charge is 2.09. The van der Waals surface area contributed by atoms with Crippen LogP contribution in [0.25, 0.3) is 0 Å². The largest absolute Gasteiger partial charge is 0.281 e. The quantitative estimate of drug-likeness (QED) is 0.601. The molecule has 76 valence electrons. The van der Waals surface area contributed by atoms with Crippen LogP contribution in [0.3, 0.4) is 0 Å². The molecule has 0 bridgehead atoms. The molecule has 13 heavy (non-hydrogen) atoms. The number of hydrogen-bond donors (Lipinski definition) is 0. The van der Waals surface area contributed by atoms with Crippen LogP contribution >= 0.6 is 0 Å². The first-order valence-corrected chi connectivity index (χ1v) is 4.47. The van der Waals surface area contributed by atoms with Gasteiger partial charge in [-0.25, -0.2) is 8.78 Å². The standard InChI is InChI=1S/C10H17F2N/c1-7(2)5-6-9(10(11)12)13-8(3)4/h5-8,10H,1-4H3/b6-5-,13-9?. The van der Waals surface area contributed by atoms with Gasteiger partial charge in [0, 0.05) is 6.04 Å². The molecule has 3 heteroatoms. The fourth-order valence-corrected chi connectivity index (χ4v) is 0.761. The van der Waals surface area contributed by atoms with Gasteiger partial charge >= 0.3 is 0 Å². The van der Waals surface area contributed by atoms with Gasteiger partial charge in [0.25, 0.3) is 6.43 Å². The maximum atomic E-state index is 12.3. The molecule has 0 rings (SSSR count). The lowest BCUT2D eigenvalue weighted by molar-refractivity contribution is 0.226. The normalized spacial score (nSPS) is 14.1. The van der Waals surface area contributed by atoms with E-state index in [0.29, 0.717) is 0 Å². The van der Waals surface area contributed by atoms with Gasteiger partial charge in [-0.05, 0) is 25.8 Å². The zero-order valence-corrected chi connectivity index (χ0v) is 8.59. The van der Waals surface area contributed by atoms with Crippen molar-refractivity contribution in [1.82, 2.24) is 0 Å². The first-order valence-electron chi connectivity index (χ1n) is 4.47. The zero-order chi connectivity index (χ0) is 10.4. The second kappa shape index (κ2) is 5.84. The van der Waals surface area contributed by atoms with Crippen LogP contribution in [0.15, 0.2) is 17.1 Å². The molecule has 0 radical (unpaired) electrons. The Morgan fingerprint density at radius 2 is 1.69 bits per heavy atom. The van der Waals surface area contributed by atoms with E-state index >= 15 is 0 Å². The van der Waals surface area contributed by atoms with E-state index in [2.05, 4.69) is 4.99 Å². The van der Waals surface area contributed by atoms with Crippen LogP contribution in [0.4, 0.5) is 8.78 Å². The van der Waals surface area contributed by atoms with E-state index in [9.17, 15) is 8.78 Å². The summed E-state index contributed by atoms with van der Waals surface area (Å²) in [7, 11) is 0. The molecule has 0 atom stereocenters. The van der Waals surface area contributed by atoms with Gasteiger partial charge in [0.05, 0.1) is 0 Å². The highest BCUT2D eigenvalue weighted by molar-refractivity contribution is 5.97. The monoisotopic (exact) mass is 189 g/mol. The van der Waals surface area contributed by atoms with Gasteiger partial charge in [0.2, 0.25) is 0 Å². The Bertz CT molecular complexity index is 193. The highest BCUT2D eigenvalue weighted by atomic mass is 19.3. The van der Waals surface area contributed by atoms with Crippen molar-refractivity contribution in [3.05, 3.63) is 12.2 Å². The molecule has 0 aliphatic heterocycles. The molecule has 0 aliphatic rings. The predicted octanol–water partition coefficient (Wildman–Crippen LogP) is 3.31. The predicted molar refractivity (Wildman–Crippen MR) is 52.6 cm³/mol. The van der Waals surface area contributed by atoms with Crippen LogP contribution in [0.2, 0.25) is 0 Å². The molecule has 0 N–H and O–H groups in total. The highest BCUT2D eigenvalue weighted by Crippen LogP contribution is 2.04. The number of rotatable bonds is 4. The summed E-state index contributed by atoms with van der Waals surface area (Å²) in [4.78, 5) is 3.83. The molecule has 0 aromatic carbocycles. The lowest BCUT2D eigenvalue weighted by atomic mass is 10.2. The van der Waals surface area contributed by atoms with E-state index in [-0.39, 0.29) is 17.7 Å². The van der Waals surface area contributed by atoms with E-state index < -0.39 is 6.43 Å². The number of hydrogen-bond acceptors (Lipinski definition) is 1. The Hall–Kier alpha value is -0.730. The molecule has 0 saturated heterocycles. The van der Waals surface area contributed by atoms with E-state index in [1.54, 1.807) is 19.9 Å². The molecule has 1 nitrogen and oxygen atoms in total. The minimum Gasteiger partial charge on any atom is -0.281 e. The summed E-state index contributed by atoms with van der Waals surface area (Å²) in [6.45, 7) is 7.45. The molecular weight excluding hydrogens is 172 g/mol. The first kappa shape index (κ1) is 12.3. The molecule has 0 spiro atoms. The van der Waals surface area contributed by atoms with E-state index in [1.165, 1.54) is 6.08 Å². The second-order valence-corrected chi connectivity index (χ2v) is 3.55. The molecule has 0 aromatic heterocycles. The Morgan fingerprint density at radius 3 is 2.00 bits per heavy atom. The summed E-state index contributed by atoms with van der Waals surface area (Å²) in [5.41, 5.74) is -0.122. The van der Waals surface area contributed by atoms with Gasteiger partial charge in [-0.3, -0.25) is 4.99 Å². The SMILES string of the molecule is CC(C)/C=C\C(=NC(C)C)C(F)F. The lowest BCUT2D eigenvalue weighted by Gasteiger charge is -2.03. The minimum atomic E-state index is -2.47. The fraction of sp³-hybridized carbons (Fsp3) is 0.700. The average Bonchev–Trinajstić information content (AvgIpc) is 1.96. The number of allylic oxidation sites excluding steroid dienone is 2. The van der Waals surface area contributed by atoms with Crippen molar-refractivity contribution >= 4 is 5.71 Å². The molecule has 0 heterocycles. The number of alkyl halides is 2. The number of halogens is 2. The van der Waals surface area contributed by atoms with Crippen molar-refractivity contribution in [2.75, 3.05) is 0 Å². The number of nitrogens with zero attached hydrogens (tertiary/aromatic N) is 1. The van der Waals surface area contributed by atoms with Gasteiger partial charge in [-0.15, -0.1) is 0 Å². The molecule has 0 unspecified atom stereocenters. The lowest BCUT2D eigenvalue weighted by Crippen LogP contribution is -2.10. The third kappa shape index (κ3) is 6.43. The van der Waals surface area contributed by atoms with Gasteiger partial charge in [0.1, 0.15) is 5.71 Å². The molecular formula is C10H17F2N. The van der Waals surface area contributed by atoms with Gasteiger partial charge in [0.15, 0.2) is 0 Å². The van der Waals surface area contributed by atoms with Crippen LogP contribution in [0.1, 0.15) is 27.7 Å². The molecule has 0 amide bonds. The minimum absolute atomic E-state index is 0.0826. The summed E-state index contributed by atoms with van der Waals surface area (Å²) in [6.07, 6.45) is 0.667. The maximum Gasteiger partial charge on any atom is 0.279 e. The number of aliphatic imine (C=N–C) groups is 1. The average molecular weight is 189 g/mol. The van der Waals surface area contributed by atoms with Crippen LogP contribution in [0.5, 0.6) is 0 Å². The van der Waals surface area contributed by atoms with Gasteiger partial charge < -0.3 is 0 Å². The fourth-order valence-electron chi connectivity index (χ4n) is 0.761. The van der Waals surface area contributed by atoms with Crippen molar-refractivity contribution in [3.8, 4) is 0 Å². The van der Waals surface area contributed by atoms with Crippen molar-refractivity contribution in [3.63, 3.8) is 0 Å². The Labute approximate surface area is 78.6 Å². The van der Waals surface area contributed by atoms with E-state index in [0.717, 1.165) is 0 Å². The van der Waals surface area contributed by atoms with E-state index in [1.807, 2.05) is 13.8 Å². The summed E-state index contributed by atoms with van der Waals surface area (Å²) in [6, 6.07) is -0.0826. The Morgan fingerprint density at radius 1 is 1.15 bits per heavy atom. The van der Waals surface area contributed by atoms with Crippen LogP contribution in [-0.4, -0.2) is 18.2 Å². The van der Waals surface area contributed by atoms with Crippen molar-refractivity contribution in [2.45, 2.75) is 40.2 Å². The summed E-state index contributed by atoms with van der Waals surface area (Å²) in [5, 5.41) is 0. The van der Waals surface area contributed by atoms with Crippen molar-refractivity contribution in [1.29, 1.82) is 0 Å².